The van der Waals surface area contributed by atoms with E-state index >= 15 is 0 Å². The van der Waals surface area contributed by atoms with Gasteiger partial charge in [-0.3, -0.25) is 0 Å². The Kier molecular flexibility index (Phi) is 7.44. The van der Waals surface area contributed by atoms with Crippen LogP contribution in [0.3, 0.4) is 0 Å². The van der Waals surface area contributed by atoms with Crippen LogP contribution in [0.2, 0.25) is 0 Å². The number of carboxylic acid groups (broad SMARTS) is 1. The van der Waals surface area contributed by atoms with E-state index in [0.717, 1.165) is 16.7 Å². The lowest BCUT2D eigenvalue weighted by Gasteiger charge is -2.15. The zero-order valence-electron chi connectivity index (χ0n) is 16.5. The molecular formula is C24H24N2O4. The van der Waals surface area contributed by atoms with Crippen LogP contribution in [0.15, 0.2) is 84.9 Å². The second-order valence-corrected chi connectivity index (χ2v) is 6.72. The van der Waals surface area contributed by atoms with Crippen LogP contribution in [0.4, 0.5) is 4.79 Å². The zero-order chi connectivity index (χ0) is 21.2. The summed E-state index contributed by atoms with van der Waals surface area (Å²) < 4.78 is 5.64. The van der Waals surface area contributed by atoms with E-state index in [1.807, 2.05) is 84.9 Å². The molecule has 6 nitrogen and oxygen atoms in total. The van der Waals surface area contributed by atoms with Gasteiger partial charge < -0.3 is 20.5 Å². The number of hydrogen-bond acceptors (Lipinski definition) is 3. The Bertz CT molecular complexity index is 944. The summed E-state index contributed by atoms with van der Waals surface area (Å²) in [5.41, 5.74) is 3.07. The van der Waals surface area contributed by atoms with Crippen molar-refractivity contribution >= 4 is 12.0 Å². The number of ether oxygens (including phenoxy) is 1. The van der Waals surface area contributed by atoms with Gasteiger partial charge in [-0.1, -0.05) is 72.8 Å². The van der Waals surface area contributed by atoms with Crippen molar-refractivity contribution in [3.63, 3.8) is 0 Å². The van der Waals surface area contributed by atoms with E-state index in [9.17, 15) is 14.7 Å². The fraction of sp³-hybridized carbons (Fsp3) is 0.167. The van der Waals surface area contributed by atoms with Crippen LogP contribution in [0.25, 0.3) is 11.1 Å². The quantitative estimate of drug-likeness (QED) is 0.474. The van der Waals surface area contributed by atoms with Gasteiger partial charge in [-0.2, -0.15) is 0 Å². The van der Waals surface area contributed by atoms with E-state index in [1.54, 1.807) is 0 Å². The van der Waals surface area contributed by atoms with E-state index in [1.165, 1.54) is 0 Å². The summed E-state index contributed by atoms with van der Waals surface area (Å²) >= 11 is 0. The van der Waals surface area contributed by atoms with Crippen LogP contribution < -0.4 is 15.4 Å². The molecule has 2 amide bonds. The second-order valence-electron chi connectivity index (χ2n) is 6.72. The average molecular weight is 404 g/mol. The molecule has 30 heavy (non-hydrogen) atoms. The molecule has 0 aromatic heterocycles. The number of hydrogen-bond donors (Lipinski definition) is 3. The predicted molar refractivity (Wildman–Crippen MR) is 115 cm³/mol. The summed E-state index contributed by atoms with van der Waals surface area (Å²) in [5, 5.41) is 14.4. The standard InChI is InChI=1S/C24H24N2O4/c27-23(28)22(17-18-7-3-1-4-8-18)26-24(29)25-15-16-30-21-13-11-20(12-14-21)19-9-5-2-6-10-19/h1-14,22H,15-17H2,(H,27,28)(H2,25,26,29)/t22-/m0/s1. The molecule has 3 N–H and O–H groups in total. The monoisotopic (exact) mass is 404 g/mol. The fourth-order valence-electron chi connectivity index (χ4n) is 2.97. The van der Waals surface area contributed by atoms with Gasteiger partial charge in [0.1, 0.15) is 18.4 Å². The Morgan fingerprint density at radius 1 is 0.833 bits per heavy atom. The van der Waals surface area contributed by atoms with Gasteiger partial charge in [0.15, 0.2) is 0 Å². The highest BCUT2D eigenvalue weighted by Gasteiger charge is 2.20. The molecule has 0 bridgehead atoms. The van der Waals surface area contributed by atoms with Crippen LogP contribution in [-0.4, -0.2) is 36.3 Å². The molecule has 0 aliphatic rings. The van der Waals surface area contributed by atoms with Crippen molar-refractivity contribution in [3.05, 3.63) is 90.5 Å². The van der Waals surface area contributed by atoms with Crippen LogP contribution in [-0.2, 0) is 11.2 Å². The van der Waals surface area contributed by atoms with E-state index < -0.39 is 18.0 Å². The maximum Gasteiger partial charge on any atom is 0.326 e. The number of carbonyl (C=O) groups is 2. The minimum atomic E-state index is -1.08. The Labute approximate surface area is 175 Å². The van der Waals surface area contributed by atoms with Crippen molar-refractivity contribution in [1.29, 1.82) is 0 Å². The van der Waals surface area contributed by atoms with Crippen LogP contribution >= 0.6 is 0 Å². The summed E-state index contributed by atoms with van der Waals surface area (Å²) in [6, 6.07) is 25.4. The summed E-state index contributed by atoms with van der Waals surface area (Å²) in [7, 11) is 0. The minimum absolute atomic E-state index is 0.216. The Morgan fingerprint density at radius 3 is 2.07 bits per heavy atom. The summed E-state index contributed by atoms with van der Waals surface area (Å²) in [6.07, 6.45) is 0.216. The molecular weight excluding hydrogens is 380 g/mol. The first-order valence-corrected chi connectivity index (χ1v) is 9.71. The van der Waals surface area contributed by atoms with Crippen molar-refractivity contribution in [3.8, 4) is 16.9 Å². The highest BCUT2D eigenvalue weighted by Crippen LogP contribution is 2.21. The third kappa shape index (κ3) is 6.38. The second kappa shape index (κ2) is 10.7. The van der Waals surface area contributed by atoms with E-state index in [-0.39, 0.29) is 19.6 Å². The minimum Gasteiger partial charge on any atom is -0.492 e. The van der Waals surface area contributed by atoms with Gasteiger partial charge in [0.25, 0.3) is 0 Å². The normalized spacial score (nSPS) is 11.3. The van der Waals surface area contributed by atoms with E-state index in [0.29, 0.717) is 5.75 Å². The van der Waals surface area contributed by atoms with Gasteiger partial charge >= 0.3 is 12.0 Å². The molecule has 0 aliphatic heterocycles. The Balaban J connectivity index is 1.41. The maximum absolute atomic E-state index is 12.0. The first-order valence-electron chi connectivity index (χ1n) is 9.71. The Morgan fingerprint density at radius 2 is 1.43 bits per heavy atom. The zero-order valence-corrected chi connectivity index (χ0v) is 16.5. The highest BCUT2D eigenvalue weighted by atomic mass is 16.5. The first kappa shape index (κ1) is 20.9. The molecule has 3 aromatic rings. The maximum atomic E-state index is 12.0. The van der Waals surface area contributed by atoms with Gasteiger partial charge in [0, 0.05) is 6.42 Å². The lowest BCUT2D eigenvalue weighted by atomic mass is 10.1. The summed E-state index contributed by atoms with van der Waals surface area (Å²) in [5.74, 6) is -0.381. The summed E-state index contributed by atoms with van der Waals surface area (Å²) in [4.78, 5) is 23.4. The Hall–Kier alpha value is -3.80. The number of carboxylic acids is 1. The lowest BCUT2D eigenvalue weighted by molar-refractivity contribution is -0.139. The molecule has 0 aliphatic carbocycles. The molecule has 0 spiro atoms. The van der Waals surface area contributed by atoms with Crippen molar-refractivity contribution < 1.29 is 19.4 Å². The average Bonchev–Trinajstić information content (AvgIpc) is 2.78. The molecule has 0 fully saturated rings. The third-order valence-corrected chi connectivity index (χ3v) is 4.50. The fourth-order valence-corrected chi connectivity index (χ4v) is 2.97. The molecule has 0 heterocycles. The number of carbonyl (C=O) groups excluding carboxylic acids is 1. The van der Waals surface area contributed by atoms with Crippen molar-refractivity contribution in [2.75, 3.05) is 13.2 Å². The molecule has 154 valence electrons. The van der Waals surface area contributed by atoms with Crippen molar-refractivity contribution in [1.82, 2.24) is 10.6 Å². The molecule has 6 heteroatoms. The van der Waals surface area contributed by atoms with Gasteiger partial charge in [-0.25, -0.2) is 9.59 Å². The van der Waals surface area contributed by atoms with Gasteiger partial charge in [0.2, 0.25) is 0 Å². The lowest BCUT2D eigenvalue weighted by Crippen LogP contribution is -2.47. The number of urea groups is 1. The topological polar surface area (TPSA) is 87.7 Å². The molecule has 1 atom stereocenters. The van der Waals surface area contributed by atoms with Crippen molar-refractivity contribution in [2.24, 2.45) is 0 Å². The SMILES string of the molecule is O=C(NCCOc1ccc(-c2ccccc2)cc1)N[C@@H](Cc1ccccc1)C(=O)O. The van der Waals surface area contributed by atoms with Crippen molar-refractivity contribution in [2.45, 2.75) is 12.5 Å². The molecule has 0 unspecified atom stereocenters. The number of rotatable bonds is 9. The van der Waals surface area contributed by atoms with Gasteiger partial charge in [-0.05, 0) is 28.8 Å². The highest BCUT2D eigenvalue weighted by molar-refractivity contribution is 5.82. The molecule has 0 saturated carbocycles. The largest absolute Gasteiger partial charge is 0.492 e. The number of nitrogens with one attached hydrogen (secondary N) is 2. The van der Waals surface area contributed by atoms with Gasteiger partial charge in [0.05, 0.1) is 6.54 Å². The van der Waals surface area contributed by atoms with E-state index in [2.05, 4.69) is 10.6 Å². The first-order chi connectivity index (χ1) is 14.6. The third-order valence-electron chi connectivity index (χ3n) is 4.50. The van der Waals surface area contributed by atoms with E-state index in [4.69, 9.17) is 4.74 Å². The smallest absolute Gasteiger partial charge is 0.326 e. The number of benzene rings is 3. The number of aliphatic carboxylic acids is 1. The van der Waals surface area contributed by atoms with Crippen LogP contribution in [0, 0.1) is 0 Å². The molecule has 0 radical (unpaired) electrons. The predicted octanol–water partition coefficient (Wildman–Crippen LogP) is 3.73. The molecule has 0 saturated heterocycles. The molecule has 3 aromatic carbocycles. The molecule has 3 rings (SSSR count). The van der Waals surface area contributed by atoms with Crippen LogP contribution in [0.5, 0.6) is 5.75 Å². The van der Waals surface area contributed by atoms with Crippen LogP contribution in [0.1, 0.15) is 5.56 Å². The van der Waals surface area contributed by atoms with Gasteiger partial charge in [-0.15, -0.1) is 0 Å². The number of amides is 2. The summed E-state index contributed by atoms with van der Waals surface area (Å²) in [6.45, 7) is 0.526.